The molecule has 4 nitrogen and oxygen atoms in total. The molecule has 1 aromatic carbocycles. The maximum Gasteiger partial charge on any atom is 0.265 e. The van der Waals surface area contributed by atoms with Gasteiger partial charge in [0.15, 0.2) is 0 Å². The summed E-state index contributed by atoms with van der Waals surface area (Å²) in [5, 5.41) is 7.69. The average Bonchev–Trinajstić information content (AvgIpc) is 3.11. The zero-order valence-corrected chi connectivity index (χ0v) is 15.0. The van der Waals surface area contributed by atoms with Crippen molar-refractivity contribution in [2.75, 3.05) is 10.6 Å². The van der Waals surface area contributed by atoms with Gasteiger partial charge in [0.2, 0.25) is 5.91 Å². The number of hydrogen-bond acceptors (Lipinski definition) is 3. The highest BCUT2D eigenvalue weighted by molar-refractivity contribution is 7.12. The largest absolute Gasteiger partial charge is 0.326 e. The van der Waals surface area contributed by atoms with Gasteiger partial charge in [0.05, 0.1) is 4.88 Å². The van der Waals surface area contributed by atoms with Crippen LogP contribution >= 0.6 is 11.3 Å². The first-order valence-corrected chi connectivity index (χ1v) is 9.27. The quantitative estimate of drug-likeness (QED) is 0.695. The van der Waals surface area contributed by atoms with E-state index in [1.165, 1.54) is 11.3 Å². The molecule has 0 atom stereocenters. The van der Waals surface area contributed by atoms with Gasteiger partial charge in [-0.1, -0.05) is 32.8 Å². The molecule has 0 unspecified atom stereocenters. The number of amides is 2. The summed E-state index contributed by atoms with van der Waals surface area (Å²) in [4.78, 5) is 25.0. The molecule has 0 radical (unpaired) electrons. The van der Waals surface area contributed by atoms with Gasteiger partial charge in [-0.3, -0.25) is 9.59 Å². The lowest BCUT2D eigenvalue weighted by molar-refractivity contribution is -0.120. The van der Waals surface area contributed by atoms with Crippen molar-refractivity contribution >= 4 is 34.5 Å². The van der Waals surface area contributed by atoms with E-state index < -0.39 is 0 Å². The van der Waals surface area contributed by atoms with Crippen LogP contribution in [0.2, 0.25) is 0 Å². The normalized spacial score (nSPS) is 10.6. The highest BCUT2D eigenvalue weighted by Crippen LogP contribution is 2.19. The Morgan fingerprint density at radius 1 is 0.958 bits per heavy atom. The molecule has 24 heavy (non-hydrogen) atoms. The fraction of sp³-hybridized carbons (Fsp3) is 0.368. The Balaban J connectivity index is 1.93. The monoisotopic (exact) mass is 344 g/mol. The van der Waals surface area contributed by atoms with Crippen molar-refractivity contribution in [1.29, 1.82) is 0 Å². The lowest BCUT2D eigenvalue weighted by Crippen LogP contribution is -2.22. The lowest BCUT2D eigenvalue weighted by atomic mass is 9.97. The highest BCUT2D eigenvalue weighted by atomic mass is 32.1. The van der Waals surface area contributed by atoms with E-state index in [1.807, 2.05) is 23.6 Å². The van der Waals surface area contributed by atoms with Crippen molar-refractivity contribution in [3.8, 4) is 0 Å². The van der Waals surface area contributed by atoms with Crippen molar-refractivity contribution < 1.29 is 9.59 Å². The van der Waals surface area contributed by atoms with E-state index in [0.717, 1.165) is 31.4 Å². The molecule has 0 fully saturated rings. The van der Waals surface area contributed by atoms with E-state index in [-0.39, 0.29) is 17.7 Å². The van der Waals surface area contributed by atoms with Crippen LogP contribution in [-0.4, -0.2) is 11.8 Å². The molecule has 2 N–H and O–H groups in total. The van der Waals surface area contributed by atoms with Gasteiger partial charge in [0.1, 0.15) is 0 Å². The molecule has 128 valence electrons. The standard InChI is InChI=1S/C19H24N2O2S/c1-3-6-14(7-4-2)18(22)20-15-9-11-16(12-10-15)21-19(23)17-8-5-13-24-17/h5,8-14H,3-4,6-7H2,1-2H3,(H,20,22)(H,21,23). The molecular weight excluding hydrogens is 320 g/mol. The summed E-state index contributed by atoms with van der Waals surface area (Å²) in [6, 6.07) is 10.9. The van der Waals surface area contributed by atoms with Gasteiger partial charge in [0.25, 0.3) is 5.91 Å². The summed E-state index contributed by atoms with van der Waals surface area (Å²) in [5.74, 6) is 0.0278. The van der Waals surface area contributed by atoms with Crippen molar-refractivity contribution in [2.45, 2.75) is 39.5 Å². The second-order valence-electron chi connectivity index (χ2n) is 5.77. The first kappa shape index (κ1) is 18.2. The van der Waals surface area contributed by atoms with E-state index >= 15 is 0 Å². The fourth-order valence-electron chi connectivity index (χ4n) is 2.59. The SMILES string of the molecule is CCCC(CCC)C(=O)Nc1ccc(NC(=O)c2cccs2)cc1. The zero-order valence-electron chi connectivity index (χ0n) is 14.2. The third-order valence-electron chi connectivity index (χ3n) is 3.80. The summed E-state index contributed by atoms with van der Waals surface area (Å²) in [6.45, 7) is 4.20. The number of benzene rings is 1. The predicted octanol–water partition coefficient (Wildman–Crippen LogP) is 5.16. The Labute approximate surface area is 147 Å². The van der Waals surface area contributed by atoms with Crippen molar-refractivity contribution in [2.24, 2.45) is 5.92 Å². The molecule has 1 aromatic heterocycles. The van der Waals surface area contributed by atoms with Crippen LogP contribution in [0.15, 0.2) is 41.8 Å². The zero-order chi connectivity index (χ0) is 17.4. The van der Waals surface area contributed by atoms with Crippen molar-refractivity contribution in [1.82, 2.24) is 0 Å². The predicted molar refractivity (Wildman–Crippen MR) is 101 cm³/mol. The summed E-state index contributed by atoms with van der Waals surface area (Å²) >= 11 is 1.41. The summed E-state index contributed by atoms with van der Waals surface area (Å²) in [6.07, 6.45) is 3.83. The molecule has 0 saturated carbocycles. The third kappa shape index (κ3) is 5.20. The first-order chi connectivity index (χ1) is 11.6. The van der Waals surface area contributed by atoms with Gasteiger partial charge >= 0.3 is 0 Å². The van der Waals surface area contributed by atoms with Gasteiger partial charge in [0, 0.05) is 17.3 Å². The van der Waals surface area contributed by atoms with E-state index in [4.69, 9.17) is 0 Å². The Morgan fingerprint density at radius 2 is 1.54 bits per heavy atom. The number of nitrogens with one attached hydrogen (secondary N) is 2. The smallest absolute Gasteiger partial charge is 0.265 e. The molecule has 2 amide bonds. The number of thiophene rings is 1. The second-order valence-corrected chi connectivity index (χ2v) is 6.72. The van der Waals surface area contributed by atoms with Crippen LogP contribution in [0.5, 0.6) is 0 Å². The molecule has 0 saturated heterocycles. The van der Waals surface area contributed by atoms with Crippen LogP contribution in [0, 0.1) is 5.92 Å². The summed E-state index contributed by atoms with van der Waals surface area (Å²) in [5.41, 5.74) is 1.47. The van der Waals surface area contributed by atoms with Crippen LogP contribution in [-0.2, 0) is 4.79 Å². The Kier molecular flexibility index (Phi) is 7.00. The van der Waals surface area contributed by atoms with E-state index in [0.29, 0.717) is 10.6 Å². The maximum absolute atomic E-state index is 12.3. The van der Waals surface area contributed by atoms with Crippen LogP contribution < -0.4 is 10.6 Å². The molecule has 0 aliphatic carbocycles. The maximum atomic E-state index is 12.3. The number of hydrogen-bond donors (Lipinski definition) is 2. The van der Waals surface area contributed by atoms with Gasteiger partial charge in [-0.25, -0.2) is 0 Å². The molecule has 2 rings (SSSR count). The van der Waals surface area contributed by atoms with Gasteiger partial charge < -0.3 is 10.6 Å². The fourth-order valence-corrected chi connectivity index (χ4v) is 3.20. The lowest BCUT2D eigenvalue weighted by Gasteiger charge is -2.15. The van der Waals surface area contributed by atoms with Gasteiger partial charge in [-0.2, -0.15) is 0 Å². The van der Waals surface area contributed by atoms with Crippen LogP contribution in [0.1, 0.15) is 49.2 Å². The van der Waals surface area contributed by atoms with E-state index in [9.17, 15) is 9.59 Å². The minimum absolute atomic E-state index is 0.0678. The van der Waals surface area contributed by atoms with E-state index in [1.54, 1.807) is 18.2 Å². The molecule has 0 spiro atoms. The Hall–Kier alpha value is -2.14. The van der Waals surface area contributed by atoms with Gasteiger partial charge in [-0.05, 0) is 48.6 Å². The number of anilines is 2. The molecule has 5 heteroatoms. The van der Waals surface area contributed by atoms with Crippen LogP contribution in [0.3, 0.4) is 0 Å². The topological polar surface area (TPSA) is 58.2 Å². The van der Waals surface area contributed by atoms with Crippen molar-refractivity contribution in [3.63, 3.8) is 0 Å². The van der Waals surface area contributed by atoms with Crippen molar-refractivity contribution in [3.05, 3.63) is 46.7 Å². The average molecular weight is 344 g/mol. The summed E-state index contributed by atoms with van der Waals surface area (Å²) < 4.78 is 0. The van der Waals surface area contributed by atoms with Crippen LogP contribution in [0.25, 0.3) is 0 Å². The minimum Gasteiger partial charge on any atom is -0.326 e. The van der Waals surface area contributed by atoms with E-state index in [2.05, 4.69) is 24.5 Å². The number of rotatable bonds is 8. The molecule has 1 heterocycles. The number of carbonyl (C=O) groups excluding carboxylic acids is 2. The highest BCUT2D eigenvalue weighted by Gasteiger charge is 2.16. The van der Waals surface area contributed by atoms with Crippen LogP contribution in [0.4, 0.5) is 11.4 Å². The third-order valence-corrected chi connectivity index (χ3v) is 4.67. The second kappa shape index (κ2) is 9.23. The Morgan fingerprint density at radius 3 is 2.04 bits per heavy atom. The molecule has 0 aliphatic heterocycles. The molecular formula is C19H24N2O2S. The number of carbonyl (C=O) groups is 2. The minimum atomic E-state index is -0.118. The molecule has 2 aromatic rings. The first-order valence-electron chi connectivity index (χ1n) is 8.39. The summed E-state index contributed by atoms with van der Waals surface area (Å²) in [7, 11) is 0. The van der Waals surface area contributed by atoms with Gasteiger partial charge in [-0.15, -0.1) is 11.3 Å². The molecule has 0 bridgehead atoms. The Bertz CT molecular complexity index is 645. The molecule has 0 aliphatic rings.